The number of rotatable bonds is 11. The van der Waals surface area contributed by atoms with Crippen LogP contribution in [0.3, 0.4) is 0 Å². The highest BCUT2D eigenvalue weighted by atomic mass is 32.3. The van der Waals surface area contributed by atoms with E-state index in [0.29, 0.717) is 0 Å². The number of unbranched alkanes of at least 4 members (excludes halogenated alkanes) is 6. The van der Waals surface area contributed by atoms with Crippen LogP contribution in [0.1, 0.15) is 57.4 Å². The van der Waals surface area contributed by atoms with Gasteiger partial charge in [0.25, 0.3) is 0 Å². The Labute approximate surface area is 157 Å². The van der Waals surface area contributed by atoms with Crippen LogP contribution in [0.2, 0.25) is 0 Å². The van der Waals surface area contributed by atoms with Crippen LogP contribution in [0.4, 0.5) is 0 Å². The predicted molar refractivity (Wildman–Crippen MR) is 104 cm³/mol. The number of hydrogen-bond donors (Lipinski definition) is 4. The standard InChI is InChI=1S/C17H26O2.2H3N.H2O4S/c1-3-5-6-7-8-9-10-13-16-14-11-12-15-17(16)19-18-4-2;;;1-5(2,3)4/h4,11-12,14-15H,2-3,5-10,13H2,1H3;2*1H3;(H2,1,2,3,4). The molecule has 26 heavy (non-hydrogen) atoms. The van der Waals surface area contributed by atoms with Crippen molar-refractivity contribution in [2.24, 2.45) is 0 Å². The molecule has 0 saturated heterocycles. The van der Waals surface area contributed by atoms with Gasteiger partial charge in [-0.15, -0.1) is 0 Å². The predicted octanol–water partition coefficient (Wildman–Crippen LogP) is 5.10. The summed E-state index contributed by atoms with van der Waals surface area (Å²) < 4.78 is 31.6. The van der Waals surface area contributed by atoms with E-state index < -0.39 is 10.4 Å². The maximum atomic E-state index is 8.74. The van der Waals surface area contributed by atoms with Crippen LogP contribution in [0.15, 0.2) is 37.1 Å². The molecular formula is C17H34N2O6S. The molecule has 0 heterocycles. The molecule has 8 nitrogen and oxygen atoms in total. The molecule has 0 amide bonds. The van der Waals surface area contributed by atoms with Gasteiger partial charge < -0.3 is 12.3 Å². The van der Waals surface area contributed by atoms with Crippen molar-refractivity contribution in [1.82, 2.24) is 12.3 Å². The molecule has 1 aromatic rings. The lowest BCUT2D eigenvalue weighted by Crippen LogP contribution is -1.95. The molecule has 0 bridgehead atoms. The van der Waals surface area contributed by atoms with Crippen molar-refractivity contribution in [3.8, 4) is 5.75 Å². The molecule has 8 N–H and O–H groups in total. The van der Waals surface area contributed by atoms with Gasteiger partial charge in [-0.25, -0.2) is 0 Å². The zero-order valence-electron chi connectivity index (χ0n) is 15.6. The van der Waals surface area contributed by atoms with Gasteiger partial charge in [-0.1, -0.05) is 70.2 Å². The summed E-state index contributed by atoms with van der Waals surface area (Å²) in [5.74, 6) is 0.799. The average Bonchev–Trinajstić information content (AvgIpc) is 2.51. The van der Waals surface area contributed by atoms with Crippen LogP contribution in [0.5, 0.6) is 5.75 Å². The van der Waals surface area contributed by atoms with E-state index in [1.54, 1.807) is 0 Å². The topological polar surface area (TPSA) is 163 Å². The summed E-state index contributed by atoms with van der Waals surface area (Å²) >= 11 is 0. The summed E-state index contributed by atoms with van der Waals surface area (Å²) in [6.45, 7) is 5.72. The first-order chi connectivity index (χ1) is 11.4. The number of aryl methyl sites for hydroxylation is 1. The van der Waals surface area contributed by atoms with Crippen molar-refractivity contribution in [2.75, 3.05) is 0 Å². The third-order valence-electron chi connectivity index (χ3n) is 3.23. The van der Waals surface area contributed by atoms with E-state index in [0.717, 1.165) is 12.2 Å². The van der Waals surface area contributed by atoms with Crippen molar-refractivity contribution < 1.29 is 27.3 Å². The van der Waals surface area contributed by atoms with Crippen LogP contribution in [-0.2, 0) is 21.7 Å². The Balaban J connectivity index is -0.000000668. The minimum Gasteiger partial charge on any atom is -0.344 e. The number of para-hydroxylation sites is 1. The van der Waals surface area contributed by atoms with Gasteiger partial charge in [-0.05, 0) is 24.5 Å². The lowest BCUT2D eigenvalue weighted by Gasteiger charge is -2.08. The van der Waals surface area contributed by atoms with Crippen molar-refractivity contribution in [1.29, 1.82) is 0 Å². The van der Waals surface area contributed by atoms with Gasteiger partial charge in [0.15, 0.2) is 5.75 Å². The Morgan fingerprint density at radius 3 is 2.04 bits per heavy atom. The summed E-state index contributed by atoms with van der Waals surface area (Å²) in [4.78, 5) is 9.97. The molecule has 0 atom stereocenters. The van der Waals surface area contributed by atoms with Crippen LogP contribution in [0.25, 0.3) is 0 Å². The van der Waals surface area contributed by atoms with Crippen LogP contribution < -0.4 is 17.2 Å². The van der Waals surface area contributed by atoms with Gasteiger partial charge in [0, 0.05) is 0 Å². The fourth-order valence-electron chi connectivity index (χ4n) is 2.15. The van der Waals surface area contributed by atoms with Gasteiger partial charge in [-0.2, -0.15) is 8.42 Å². The molecular weight excluding hydrogens is 360 g/mol. The largest absolute Gasteiger partial charge is 0.394 e. The maximum absolute atomic E-state index is 8.74. The van der Waals surface area contributed by atoms with Gasteiger partial charge in [-0.3, -0.25) is 18.9 Å². The first-order valence-electron chi connectivity index (χ1n) is 8.10. The van der Waals surface area contributed by atoms with E-state index in [4.69, 9.17) is 27.3 Å². The van der Waals surface area contributed by atoms with Crippen LogP contribution >= 0.6 is 0 Å². The van der Waals surface area contributed by atoms with E-state index in [2.05, 4.69) is 19.6 Å². The van der Waals surface area contributed by atoms with E-state index in [1.165, 1.54) is 56.8 Å². The lowest BCUT2D eigenvalue weighted by atomic mass is 10.0. The van der Waals surface area contributed by atoms with Crippen molar-refractivity contribution in [2.45, 2.75) is 58.3 Å². The fraction of sp³-hybridized carbons (Fsp3) is 0.529. The summed E-state index contributed by atoms with van der Waals surface area (Å²) in [5.41, 5.74) is 1.21. The highest BCUT2D eigenvalue weighted by Gasteiger charge is 2.03. The first kappa shape index (κ1) is 29.1. The van der Waals surface area contributed by atoms with E-state index in [9.17, 15) is 0 Å². The molecule has 0 unspecified atom stereocenters. The molecule has 0 saturated carbocycles. The van der Waals surface area contributed by atoms with Gasteiger partial charge >= 0.3 is 10.4 Å². The molecule has 0 aromatic heterocycles. The molecule has 0 aliphatic heterocycles. The van der Waals surface area contributed by atoms with E-state index in [1.807, 2.05) is 18.2 Å². The van der Waals surface area contributed by atoms with E-state index >= 15 is 0 Å². The van der Waals surface area contributed by atoms with Crippen molar-refractivity contribution in [3.05, 3.63) is 42.7 Å². The normalized spacial score (nSPS) is 9.65. The molecule has 0 radical (unpaired) electrons. The van der Waals surface area contributed by atoms with E-state index in [-0.39, 0.29) is 12.3 Å². The maximum Gasteiger partial charge on any atom is 0.394 e. The Morgan fingerprint density at radius 2 is 1.50 bits per heavy atom. The van der Waals surface area contributed by atoms with Gasteiger partial charge in [0.05, 0.1) is 0 Å². The summed E-state index contributed by atoms with van der Waals surface area (Å²) in [6, 6.07) is 8.02. The molecule has 154 valence electrons. The fourth-order valence-corrected chi connectivity index (χ4v) is 2.15. The molecule has 1 aromatic carbocycles. The van der Waals surface area contributed by atoms with Gasteiger partial charge in [0.2, 0.25) is 0 Å². The minimum absolute atomic E-state index is 0. The zero-order valence-corrected chi connectivity index (χ0v) is 16.4. The Hall–Kier alpha value is -1.65. The second-order valence-electron chi connectivity index (χ2n) is 5.27. The second kappa shape index (κ2) is 18.2. The molecule has 0 aliphatic carbocycles. The number of benzene rings is 1. The first-order valence-corrected chi connectivity index (χ1v) is 9.50. The number of hydrogen-bond acceptors (Lipinski definition) is 6. The molecule has 9 heteroatoms. The molecule has 0 spiro atoms. The second-order valence-corrected chi connectivity index (χ2v) is 6.17. The summed E-state index contributed by atoms with van der Waals surface area (Å²) in [7, 11) is -4.67. The quantitative estimate of drug-likeness (QED) is 0.132. The highest BCUT2D eigenvalue weighted by molar-refractivity contribution is 7.79. The molecule has 0 fully saturated rings. The Bertz CT molecular complexity index is 544. The minimum atomic E-state index is -4.67. The SMILES string of the molecule is C=COOc1ccccc1CCCCCCCCC.N.N.O=S(=O)(O)O. The van der Waals surface area contributed by atoms with Crippen LogP contribution in [-0.4, -0.2) is 17.5 Å². The monoisotopic (exact) mass is 394 g/mol. The van der Waals surface area contributed by atoms with Crippen LogP contribution in [0, 0.1) is 0 Å². The zero-order chi connectivity index (χ0) is 18.3. The third-order valence-corrected chi connectivity index (χ3v) is 3.23. The highest BCUT2D eigenvalue weighted by Crippen LogP contribution is 2.21. The average molecular weight is 395 g/mol. The summed E-state index contributed by atoms with van der Waals surface area (Å²) in [5, 5.41) is 0. The van der Waals surface area contributed by atoms with Gasteiger partial charge in [0.1, 0.15) is 6.26 Å². The smallest absolute Gasteiger partial charge is 0.344 e. The van der Waals surface area contributed by atoms with Crippen molar-refractivity contribution in [3.63, 3.8) is 0 Å². The Morgan fingerprint density at radius 1 is 1.00 bits per heavy atom. The Kier molecular flexibility index (Phi) is 20.3. The summed E-state index contributed by atoms with van der Waals surface area (Å²) in [6.07, 6.45) is 11.6. The molecule has 1 rings (SSSR count). The third kappa shape index (κ3) is 20.4. The van der Waals surface area contributed by atoms with Crippen molar-refractivity contribution >= 4 is 10.4 Å². The lowest BCUT2D eigenvalue weighted by molar-refractivity contribution is -0.149. The molecule has 0 aliphatic rings.